The van der Waals surface area contributed by atoms with E-state index in [1.165, 1.54) is 5.57 Å². The molecule has 2 aliphatic rings. The predicted octanol–water partition coefficient (Wildman–Crippen LogP) is 2.97. The minimum absolute atomic E-state index is 0.00852. The molecule has 3 atom stereocenters. The molecule has 2 rings (SSSR count). The molecule has 0 aromatic heterocycles. The van der Waals surface area contributed by atoms with Crippen molar-refractivity contribution in [3.05, 3.63) is 23.3 Å². The van der Waals surface area contributed by atoms with E-state index in [4.69, 9.17) is 5.11 Å². The highest BCUT2D eigenvalue weighted by Gasteiger charge is 2.37. The van der Waals surface area contributed by atoms with Crippen LogP contribution in [-0.4, -0.2) is 16.9 Å². The maximum atomic E-state index is 11.8. The average molecular weight is 248 g/mol. The summed E-state index contributed by atoms with van der Waals surface area (Å²) >= 11 is 0. The van der Waals surface area contributed by atoms with Crippen molar-refractivity contribution < 1.29 is 14.7 Å². The lowest BCUT2D eigenvalue weighted by atomic mass is 9.86. The summed E-state index contributed by atoms with van der Waals surface area (Å²) in [7, 11) is 0. The summed E-state index contributed by atoms with van der Waals surface area (Å²) in [5.74, 6) is 0.125. The normalized spacial score (nSPS) is 32.1. The molecule has 2 aliphatic carbocycles. The standard InChI is InChI=1S/C15H20O3/c1-8-4-5-11(9(2)15(17)18)6-13-10(3)14(16)7-12(8)13/h8,11-12H,2,4-7H2,1,3H3,(H,17,18)/t8-,11-,12-/m0/s1. The number of carboxylic acids is 1. The quantitative estimate of drug-likeness (QED) is 0.764. The van der Waals surface area contributed by atoms with E-state index in [-0.39, 0.29) is 11.7 Å². The van der Waals surface area contributed by atoms with Gasteiger partial charge in [-0.15, -0.1) is 0 Å². The van der Waals surface area contributed by atoms with Gasteiger partial charge in [-0.05, 0) is 49.5 Å². The first-order valence-electron chi connectivity index (χ1n) is 6.56. The van der Waals surface area contributed by atoms with Crippen LogP contribution in [-0.2, 0) is 9.59 Å². The number of hydrogen-bond donors (Lipinski definition) is 1. The van der Waals surface area contributed by atoms with E-state index in [0.717, 1.165) is 18.4 Å². The molecule has 0 bridgehead atoms. The molecule has 0 aromatic carbocycles. The molecule has 18 heavy (non-hydrogen) atoms. The van der Waals surface area contributed by atoms with Gasteiger partial charge in [-0.3, -0.25) is 4.79 Å². The van der Waals surface area contributed by atoms with Gasteiger partial charge >= 0.3 is 5.97 Å². The zero-order chi connectivity index (χ0) is 13.4. The van der Waals surface area contributed by atoms with E-state index in [1.54, 1.807) is 0 Å². The molecule has 0 radical (unpaired) electrons. The van der Waals surface area contributed by atoms with E-state index in [0.29, 0.717) is 30.3 Å². The van der Waals surface area contributed by atoms with E-state index >= 15 is 0 Å². The molecule has 0 saturated heterocycles. The molecular formula is C15H20O3. The molecular weight excluding hydrogens is 228 g/mol. The van der Waals surface area contributed by atoms with Gasteiger partial charge in [0.2, 0.25) is 0 Å². The molecule has 98 valence electrons. The lowest BCUT2D eigenvalue weighted by Gasteiger charge is -2.18. The van der Waals surface area contributed by atoms with Crippen molar-refractivity contribution in [1.82, 2.24) is 0 Å². The molecule has 1 fully saturated rings. The fourth-order valence-corrected chi connectivity index (χ4v) is 3.29. The lowest BCUT2D eigenvalue weighted by molar-refractivity contribution is -0.133. The Morgan fingerprint density at radius 3 is 2.61 bits per heavy atom. The number of rotatable bonds is 2. The Balaban J connectivity index is 2.29. The lowest BCUT2D eigenvalue weighted by Crippen LogP contribution is -2.12. The van der Waals surface area contributed by atoms with E-state index < -0.39 is 5.97 Å². The SMILES string of the molecule is C=C(C(=O)O)[C@H]1CC[C@H](C)[C@@H]2CC(=O)C(C)=C2C1. The molecule has 0 amide bonds. The molecule has 3 nitrogen and oxygen atoms in total. The summed E-state index contributed by atoms with van der Waals surface area (Å²) in [4.78, 5) is 22.9. The van der Waals surface area contributed by atoms with Gasteiger partial charge in [-0.1, -0.05) is 19.1 Å². The summed E-state index contributed by atoms with van der Waals surface area (Å²) in [5, 5.41) is 9.07. The van der Waals surface area contributed by atoms with Gasteiger partial charge in [0.25, 0.3) is 0 Å². The summed E-state index contributed by atoms with van der Waals surface area (Å²) < 4.78 is 0. The van der Waals surface area contributed by atoms with Crippen LogP contribution >= 0.6 is 0 Å². The van der Waals surface area contributed by atoms with Crippen LogP contribution in [0.4, 0.5) is 0 Å². The third-order valence-electron chi connectivity index (χ3n) is 4.64. The number of carbonyl (C=O) groups excluding carboxylic acids is 1. The summed E-state index contributed by atoms with van der Waals surface area (Å²) in [6, 6.07) is 0. The van der Waals surface area contributed by atoms with Crippen molar-refractivity contribution in [3.63, 3.8) is 0 Å². The average Bonchev–Trinajstić information content (AvgIpc) is 2.50. The Labute approximate surface area is 108 Å². The van der Waals surface area contributed by atoms with E-state index in [1.807, 2.05) is 6.92 Å². The van der Waals surface area contributed by atoms with Crippen LogP contribution in [0.2, 0.25) is 0 Å². The number of hydrogen-bond acceptors (Lipinski definition) is 2. The summed E-state index contributed by atoms with van der Waals surface area (Å²) in [5.41, 5.74) is 2.36. The largest absolute Gasteiger partial charge is 0.478 e. The van der Waals surface area contributed by atoms with Crippen LogP contribution in [0.15, 0.2) is 23.3 Å². The van der Waals surface area contributed by atoms with Crippen LogP contribution in [0.25, 0.3) is 0 Å². The van der Waals surface area contributed by atoms with Crippen LogP contribution in [0.5, 0.6) is 0 Å². The number of aliphatic carboxylic acids is 1. The van der Waals surface area contributed by atoms with Gasteiger partial charge in [0.15, 0.2) is 5.78 Å². The molecule has 1 N–H and O–H groups in total. The second kappa shape index (κ2) is 4.71. The summed E-state index contributed by atoms with van der Waals surface area (Å²) in [6.07, 6.45) is 3.17. The zero-order valence-corrected chi connectivity index (χ0v) is 11.0. The Bertz CT molecular complexity index is 445. The molecule has 0 unspecified atom stereocenters. The zero-order valence-electron chi connectivity index (χ0n) is 11.0. The number of ketones is 1. The smallest absolute Gasteiger partial charge is 0.331 e. The highest BCUT2D eigenvalue weighted by Crippen LogP contribution is 2.45. The van der Waals surface area contributed by atoms with Crippen molar-refractivity contribution in [2.45, 2.75) is 39.5 Å². The van der Waals surface area contributed by atoms with E-state index in [9.17, 15) is 9.59 Å². The second-order valence-corrected chi connectivity index (χ2v) is 5.67. The van der Waals surface area contributed by atoms with Gasteiger partial charge in [0, 0.05) is 12.0 Å². The number of carboxylic acid groups (broad SMARTS) is 1. The Kier molecular flexibility index (Phi) is 3.42. The molecule has 0 spiro atoms. The van der Waals surface area contributed by atoms with Gasteiger partial charge in [0.05, 0.1) is 0 Å². The van der Waals surface area contributed by atoms with Crippen LogP contribution in [0.1, 0.15) is 39.5 Å². The fourth-order valence-electron chi connectivity index (χ4n) is 3.29. The van der Waals surface area contributed by atoms with Crippen molar-refractivity contribution >= 4 is 11.8 Å². The maximum Gasteiger partial charge on any atom is 0.331 e. The third kappa shape index (κ3) is 2.14. The molecule has 0 heterocycles. The first-order chi connectivity index (χ1) is 8.41. The Morgan fingerprint density at radius 2 is 2.00 bits per heavy atom. The summed E-state index contributed by atoms with van der Waals surface area (Å²) in [6.45, 7) is 7.75. The van der Waals surface area contributed by atoms with Crippen molar-refractivity contribution in [2.75, 3.05) is 0 Å². The first-order valence-corrected chi connectivity index (χ1v) is 6.56. The monoisotopic (exact) mass is 248 g/mol. The third-order valence-corrected chi connectivity index (χ3v) is 4.64. The predicted molar refractivity (Wildman–Crippen MR) is 69.1 cm³/mol. The number of allylic oxidation sites excluding steroid dienone is 2. The van der Waals surface area contributed by atoms with Crippen molar-refractivity contribution in [2.24, 2.45) is 17.8 Å². The van der Waals surface area contributed by atoms with E-state index in [2.05, 4.69) is 13.5 Å². The second-order valence-electron chi connectivity index (χ2n) is 5.67. The van der Waals surface area contributed by atoms with Gasteiger partial charge < -0.3 is 5.11 Å². The van der Waals surface area contributed by atoms with Gasteiger partial charge in [-0.2, -0.15) is 0 Å². The first kappa shape index (κ1) is 13.1. The highest BCUT2D eigenvalue weighted by atomic mass is 16.4. The van der Waals surface area contributed by atoms with Crippen LogP contribution in [0.3, 0.4) is 0 Å². The number of Topliss-reactive ketones (excluding diaryl/α,β-unsaturated/α-hetero) is 1. The highest BCUT2D eigenvalue weighted by molar-refractivity contribution is 5.98. The van der Waals surface area contributed by atoms with Crippen LogP contribution in [0, 0.1) is 17.8 Å². The minimum Gasteiger partial charge on any atom is -0.478 e. The number of fused-ring (bicyclic) bond motifs is 1. The molecule has 1 saturated carbocycles. The number of carbonyl (C=O) groups is 2. The maximum absolute atomic E-state index is 11.8. The topological polar surface area (TPSA) is 54.4 Å². The van der Waals surface area contributed by atoms with Crippen LogP contribution < -0.4 is 0 Å². The van der Waals surface area contributed by atoms with Gasteiger partial charge in [-0.25, -0.2) is 4.79 Å². The van der Waals surface area contributed by atoms with Gasteiger partial charge in [0.1, 0.15) is 0 Å². The molecule has 3 heteroatoms. The fraction of sp³-hybridized carbons (Fsp3) is 0.600. The van der Waals surface area contributed by atoms with Crippen molar-refractivity contribution in [1.29, 1.82) is 0 Å². The molecule has 0 aromatic rings. The Hall–Kier alpha value is -1.38. The Morgan fingerprint density at radius 1 is 1.33 bits per heavy atom. The molecule has 0 aliphatic heterocycles. The minimum atomic E-state index is -0.909. The van der Waals surface area contributed by atoms with Crippen molar-refractivity contribution in [3.8, 4) is 0 Å².